The van der Waals surface area contributed by atoms with Gasteiger partial charge >= 0.3 is 0 Å². The summed E-state index contributed by atoms with van der Waals surface area (Å²) < 4.78 is 8.88. The third kappa shape index (κ3) is 8.06. The van der Waals surface area contributed by atoms with Crippen LogP contribution in [-0.2, 0) is 10.2 Å². The predicted octanol–water partition coefficient (Wildman–Crippen LogP) is 5.03. The molecule has 0 heterocycles. The molecule has 0 aliphatic carbocycles. The van der Waals surface area contributed by atoms with Gasteiger partial charge in [0.15, 0.2) is 5.75 Å². The van der Waals surface area contributed by atoms with Crippen LogP contribution in [0.25, 0.3) is 0 Å². The third-order valence-corrected chi connectivity index (χ3v) is 6.43. The van der Waals surface area contributed by atoms with Gasteiger partial charge in [0.1, 0.15) is 5.70 Å². The lowest BCUT2D eigenvalue weighted by Gasteiger charge is -2.24. The number of ether oxygens (including phenoxy) is 1. The number of amides is 2. The van der Waals surface area contributed by atoms with Crippen molar-refractivity contribution in [1.29, 1.82) is 0 Å². The largest absolute Gasteiger partial charge is 0.492 e. The molecule has 2 amide bonds. The molecule has 0 saturated carbocycles. The van der Waals surface area contributed by atoms with Gasteiger partial charge in [-0.1, -0.05) is 52.1 Å². The number of anilines is 3. The van der Waals surface area contributed by atoms with E-state index in [-0.39, 0.29) is 23.1 Å². The average molecular weight is 543 g/mol. The van der Waals surface area contributed by atoms with Crippen LogP contribution in [0.5, 0.6) is 5.75 Å². The zero-order chi connectivity index (χ0) is 28.6. The zero-order valence-electron chi connectivity index (χ0n) is 23.7. The molecule has 0 aromatic heterocycles. The van der Waals surface area contributed by atoms with Crippen LogP contribution in [0.1, 0.15) is 68.9 Å². The molecule has 1 unspecified atom stereocenters. The highest BCUT2D eigenvalue weighted by atomic mass is 32.2. The number of rotatable bonds is 11. The van der Waals surface area contributed by atoms with Gasteiger partial charge < -0.3 is 25.8 Å². The highest BCUT2D eigenvalue weighted by Gasteiger charge is 2.21. The van der Waals surface area contributed by atoms with Crippen LogP contribution in [0.3, 0.4) is 0 Å². The first-order valence-corrected chi connectivity index (χ1v) is 13.8. The first kappa shape index (κ1) is 30.9. The van der Waals surface area contributed by atoms with Crippen LogP contribution in [-0.4, -0.2) is 31.2 Å². The van der Waals surface area contributed by atoms with E-state index in [1.807, 2.05) is 39.2 Å². The fourth-order valence-corrected chi connectivity index (χ4v) is 4.25. The molecule has 208 valence electrons. The number of methoxy groups -OCH3 is 1. The second-order valence-corrected chi connectivity index (χ2v) is 10.9. The van der Waals surface area contributed by atoms with Gasteiger partial charge in [0.2, 0.25) is 0 Å². The number of carbonyl (C=O) groups excluding carboxylic acids is 2. The van der Waals surface area contributed by atoms with Crippen LogP contribution in [0.2, 0.25) is 0 Å². The van der Waals surface area contributed by atoms with Crippen molar-refractivity contribution in [3.63, 3.8) is 0 Å². The Morgan fingerprint density at radius 2 is 1.84 bits per heavy atom. The minimum Gasteiger partial charge on any atom is -0.492 e. The van der Waals surface area contributed by atoms with Crippen molar-refractivity contribution < 1.29 is 14.3 Å². The van der Waals surface area contributed by atoms with Crippen molar-refractivity contribution in [1.82, 2.24) is 5.32 Å². The van der Waals surface area contributed by atoms with Gasteiger partial charge in [0.25, 0.3) is 11.8 Å². The first-order chi connectivity index (χ1) is 17.8. The fraction of sp³-hybridized carbons (Fsp3) is 0.429. The lowest BCUT2D eigenvalue weighted by atomic mass is 9.86. The molecule has 0 fully saturated rings. The Hall–Kier alpha value is -3.37. The number of hydrogen-bond acceptors (Lipinski definition) is 8. The summed E-state index contributed by atoms with van der Waals surface area (Å²) in [4.78, 5) is 25.8. The number of nitrogens with one attached hydrogen (secondary N) is 3. The lowest BCUT2D eigenvalue weighted by molar-refractivity contribution is -0.118. The number of carbonyl (C=O) groups is 2. The molecule has 2 aromatic rings. The van der Waals surface area contributed by atoms with E-state index in [4.69, 9.17) is 16.3 Å². The van der Waals surface area contributed by atoms with E-state index in [1.54, 1.807) is 25.3 Å². The lowest BCUT2D eigenvalue weighted by Crippen LogP contribution is -2.37. The van der Waals surface area contributed by atoms with E-state index in [0.29, 0.717) is 22.7 Å². The summed E-state index contributed by atoms with van der Waals surface area (Å²) in [5, 5.41) is 7.10. The fourth-order valence-electron chi connectivity index (χ4n) is 3.87. The van der Waals surface area contributed by atoms with E-state index in [1.165, 1.54) is 23.2 Å². The van der Waals surface area contributed by atoms with E-state index in [2.05, 4.69) is 36.1 Å². The molecule has 0 radical (unpaired) electrons. The Bertz CT molecular complexity index is 1180. The van der Waals surface area contributed by atoms with Crippen molar-refractivity contribution in [2.45, 2.75) is 65.8 Å². The predicted molar refractivity (Wildman–Crippen MR) is 159 cm³/mol. The normalized spacial score (nSPS) is 12.5. The summed E-state index contributed by atoms with van der Waals surface area (Å²) in [6, 6.07) is 9.12. The Balaban J connectivity index is 2.37. The topological polar surface area (TPSA) is 135 Å². The molecule has 1 atom stereocenters. The van der Waals surface area contributed by atoms with Crippen molar-refractivity contribution in [2.24, 2.45) is 11.6 Å². The van der Waals surface area contributed by atoms with Gasteiger partial charge in [-0.25, -0.2) is 5.84 Å². The maximum Gasteiger partial charge on any atom is 0.268 e. The second kappa shape index (κ2) is 13.4. The molecular weight excluding hydrogens is 500 g/mol. The zero-order valence-corrected chi connectivity index (χ0v) is 24.5. The van der Waals surface area contributed by atoms with Crippen molar-refractivity contribution in [3.8, 4) is 5.75 Å². The Labute approximate surface area is 230 Å². The monoisotopic (exact) mass is 542 g/mol. The Morgan fingerprint density at radius 3 is 2.42 bits per heavy atom. The van der Waals surface area contributed by atoms with Gasteiger partial charge in [-0.3, -0.25) is 14.6 Å². The molecule has 0 aliphatic rings. The summed E-state index contributed by atoms with van der Waals surface area (Å²) >= 11 is 1.44. The number of hydrazine groups is 1. The molecule has 0 spiro atoms. The van der Waals surface area contributed by atoms with Gasteiger partial charge in [-0.2, -0.15) is 0 Å². The van der Waals surface area contributed by atoms with Gasteiger partial charge in [-0.15, -0.1) is 0 Å². The first-order valence-electron chi connectivity index (χ1n) is 12.6. The van der Waals surface area contributed by atoms with Crippen molar-refractivity contribution in [2.75, 3.05) is 28.4 Å². The summed E-state index contributed by atoms with van der Waals surface area (Å²) in [6.45, 7) is 12.2. The molecule has 10 heteroatoms. The molecule has 0 bridgehead atoms. The highest BCUT2D eigenvalue weighted by Crippen LogP contribution is 2.39. The summed E-state index contributed by atoms with van der Waals surface area (Å²) in [6.07, 6.45) is 5.07. The van der Waals surface area contributed by atoms with Gasteiger partial charge in [0.05, 0.1) is 24.2 Å². The molecule has 9 nitrogen and oxygen atoms in total. The molecule has 2 aromatic carbocycles. The van der Waals surface area contributed by atoms with E-state index < -0.39 is 5.91 Å². The molecule has 0 aliphatic heterocycles. The summed E-state index contributed by atoms with van der Waals surface area (Å²) in [7, 11) is 1.57. The van der Waals surface area contributed by atoms with E-state index in [0.717, 1.165) is 29.7 Å². The average Bonchev–Trinajstić information content (AvgIpc) is 2.83. The Morgan fingerprint density at radius 1 is 1.18 bits per heavy atom. The van der Waals surface area contributed by atoms with Crippen molar-refractivity contribution in [3.05, 3.63) is 58.9 Å². The minimum atomic E-state index is -0.395. The minimum absolute atomic E-state index is 0.000141. The summed E-state index contributed by atoms with van der Waals surface area (Å²) in [5.74, 6) is 6.06. The SMILES string of the molecule is CCCC(C)NC(=O)/C(N)=C/N(N)c1cc(C(=O)Nc2cc(C(C)(C)C)cc(NSC)c2OC)ccc1C. The van der Waals surface area contributed by atoms with E-state index in [9.17, 15) is 9.59 Å². The molecule has 38 heavy (non-hydrogen) atoms. The number of aryl methyl sites for hydroxylation is 1. The second-order valence-electron chi connectivity index (χ2n) is 10.3. The smallest absolute Gasteiger partial charge is 0.268 e. The van der Waals surface area contributed by atoms with Gasteiger partial charge in [0, 0.05) is 24.1 Å². The quantitative estimate of drug-likeness (QED) is 0.116. The van der Waals surface area contributed by atoms with Gasteiger partial charge in [-0.05, 0) is 61.1 Å². The number of hydrogen-bond donors (Lipinski definition) is 5. The number of benzene rings is 2. The van der Waals surface area contributed by atoms with Crippen LogP contribution in [0, 0.1) is 6.92 Å². The summed E-state index contributed by atoms with van der Waals surface area (Å²) in [5.41, 5.74) is 9.92. The molecule has 0 saturated heterocycles. The maximum atomic E-state index is 13.4. The maximum absolute atomic E-state index is 13.4. The molecule has 2 rings (SSSR count). The van der Waals surface area contributed by atoms with Crippen LogP contribution < -0.4 is 36.7 Å². The van der Waals surface area contributed by atoms with E-state index >= 15 is 0 Å². The van der Waals surface area contributed by atoms with Crippen molar-refractivity contribution >= 4 is 40.8 Å². The number of nitrogens with two attached hydrogens (primary N) is 2. The number of nitrogens with zero attached hydrogens (tertiary/aromatic N) is 1. The van der Waals surface area contributed by atoms with Crippen LogP contribution >= 0.6 is 11.9 Å². The standard InChI is InChI=1S/C28H42N6O3S/c1-9-10-18(3)31-27(36)21(29)16-34(30)24-13-19(12-11-17(24)2)26(35)32-22-14-20(28(4,5)6)15-23(33-38-8)25(22)37-7/h11-16,18,33H,9-10,29-30H2,1-8H3,(H,31,36)(H,32,35)/b21-16-. The highest BCUT2D eigenvalue weighted by molar-refractivity contribution is 7.99. The molecule has 7 N–H and O–H groups in total. The van der Waals surface area contributed by atoms with Crippen LogP contribution in [0.15, 0.2) is 42.2 Å². The molecular formula is C28H42N6O3S. The third-order valence-electron chi connectivity index (χ3n) is 6.01. The Kier molecular flexibility index (Phi) is 10.9. The van der Waals surface area contributed by atoms with Crippen LogP contribution in [0.4, 0.5) is 17.1 Å².